The molecule has 0 aromatic heterocycles. The molecule has 1 fully saturated rings. The smallest absolute Gasteiger partial charge is 0.228 e. The minimum atomic E-state index is -0.127. The van der Waals surface area contributed by atoms with E-state index in [0.717, 1.165) is 32.5 Å². The first-order valence-corrected chi connectivity index (χ1v) is 9.05. The predicted octanol–water partition coefficient (Wildman–Crippen LogP) is 3.50. The number of carbonyl (C=O) groups is 2. The van der Waals surface area contributed by atoms with Crippen LogP contribution in [0.4, 0.5) is 11.4 Å². The molecule has 0 bridgehead atoms. The highest BCUT2D eigenvalue weighted by molar-refractivity contribution is 5.94. The zero-order valence-corrected chi connectivity index (χ0v) is 15.1. The maximum absolute atomic E-state index is 12.7. The molecule has 136 valence electrons. The number of carbonyl (C=O) groups excluding carboxylic acids is 2. The summed E-state index contributed by atoms with van der Waals surface area (Å²) in [6.07, 6.45) is 1.93. The molecule has 5 nitrogen and oxygen atoms in total. The monoisotopic (exact) mass is 351 g/mol. The summed E-state index contributed by atoms with van der Waals surface area (Å²) in [5.41, 5.74) is 2.67. The van der Waals surface area contributed by atoms with Crippen molar-refractivity contribution < 1.29 is 9.59 Å². The number of nitrogens with one attached hydrogen (secondary N) is 2. The fraction of sp³-hybridized carbons (Fsp3) is 0.333. The molecule has 3 rings (SSSR count). The van der Waals surface area contributed by atoms with Crippen molar-refractivity contribution in [2.75, 3.05) is 23.7 Å². The van der Waals surface area contributed by atoms with Crippen LogP contribution in [0.25, 0.3) is 0 Å². The van der Waals surface area contributed by atoms with Gasteiger partial charge in [0.1, 0.15) is 0 Å². The third-order valence-electron chi connectivity index (χ3n) is 4.58. The van der Waals surface area contributed by atoms with Crippen molar-refractivity contribution >= 4 is 23.2 Å². The summed E-state index contributed by atoms with van der Waals surface area (Å²) in [6.45, 7) is 4.14. The summed E-state index contributed by atoms with van der Waals surface area (Å²) in [5, 5.41) is 5.73. The van der Waals surface area contributed by atoms with Crippen LogP contribution in [0.2, 0.25) is 0 Å². The van der Waals surface area contributed by atoms with Gasteiger partial charge in [-0.15, -0.1) is 0 Å². The number of piperidine rings is 1. The van der Waals surface area contributed by atoms with E-state index < -0.39 is 0 Å². The van der Waals surface area contributed by atoms with E-state index in [4.69, 9.17) is 0 Å². The zero-order chi connectivity index (χ0) is 18.4. The maximum Gasteiger partial charge on any atom is 0.228 e. The third kappa shape index (κ3) is 5.17. The van der Waals surface area contributed by atoms with Crippen molar-refractivity contribution in [3.8, 4) is 0 Å². The third-order valence-corrected chi connectivity index (χ3v) is 4.58. The molecule has 5 heteroatoms. The Hall–Kier alpha value is -2.66. The lowest BCUT2D eigenvalue weighted by Gasteiger charge is -2.32. The SMILES string of the molecule is CC(=O)Nc1cccc(NC(=O)[C@@H]2CCCN(Cc3ccccc3)C2)c1. The molecule has 2 N–H and O–H groups in total. The molecule has 0 aliphatic carbocycles. The molecule has 1 aliphatic rings. The Morgan fingerprint density at radius 3 is 2.50 bits per heavy atom. The number of rotatable bonds is 5. The normalized spacial score (nSPS) is 17.5. The highest BCUT2D eigenvalue weighted by Gasteiger charge is 2.25. The van der Waals surface area contributed by atoms with Gasteiger partial charge in [-0.1, -0.05) is 36.4 Å². The van der Waals surface area contributed by atoms with E-state index in [1.54, 1.807) is 12.1 Å². The number of hydrogen-bond acceptors (Lipinski definition) is 3. The Morgan fingerprint density at radius 1 is 1.04 bits per heavy atom. The molecular weight excluding hydrogens is 326 g/mol. The molecule has 0 spiro atoms. The van der Waals surface area contributed by atoms with Gasteiger partial charge in [-0.3, -0.25) is 14.5 Å². The van der Waals surface area contributed by atoms with E-state index >= 15 is 0 Å². The first kappa shape index (κ1) is 18.1. The van der Waals surface area contributed by atoms with Crippen molar-refractivity contribution in [1.29, 1.82) is 0 Å². The molecule has 2 aromatic carbocycles. The Labute approximate surface area is 154 Å². The molecule has 1 atom stereocenters. The van der Waals surface area contributed by atoms with Crippen LogP contribution in [0.5, 0.6) is 0 Å². The van der Waals surface area contributed by atoms with Crippen LogP contribution < -0.4 is 10.6 Å². The first-order chi connectivity index (χ1) is 12.6. The standard InChI is InChI=1S/C21H25N3O2/c1-16(25)22-19-10-5-11-20(13-19)23-21(26)18-9-6-12-24(15-18)14-17-7-3-2-4-8-17/h2-5,7-8,10-11,13,18H,6,9,12,14-15H2,1H3,(H,22,25)(H,23,26)/t18-/m1/s1. The van der Waals surface area contributed by atoms with Gasteiger partial charge in [-0.25, -0.2) is 0 Å². The summed E-state index contributed by atoms with van der Waals surface area (Å²) in [4.78, 5) is 26.2. The topological polar surface area (TPSA) is 61.4 Å². The van der Waals surface area contributed by atoms with E-state index in [1.807, 2.05) is 30.3 Å². The van der Waals surface area contributed by atoms with Crippen LogP contribution in [0, 0.1) is 5.92 Å². The van der Waals surface area contributed by atoms with Crippen LogP contribution >= 0.6 is 0 Å². The van der Waals surface area contributed by atoms with Crippen LogP contribution in [0.1, 0.15) is 25.3 Å². The quantitative estimate of drug-likeness (QED) is 0.867. The van der Waals surface area contributed by atoms with Gasteiger partial charge in [0.2, 0.25) is 11.8 Å². The summed E-state index contributed by atoms with van der Waals surface area (Å²) in [6, 6.07) is 17.6. The Kier molecular flexibility index (Phi) is 6.02. The summed E-state index contributed by atoms with van der Waals surface area (Å²) in [7, 11) is 0. The Balaban J connectivity index is 1.58. The first-order valence-electron chi connectivity index (χ1n) is 9.05. The van der Waals surface area contributed by atoms with Crippen molar-refractivity contribution in [2.45, 2.75) is 26.3 Å². The van der Waals surface area contributed by atoms with Gasteiger partial charge in [-0.2, -0.15) is 0 Å². The number of benzene rings is 2. The van der Waals surface area contributed by atoms with E-state index in [9.17, 15) is 9.59 Å². The molecule has 2 amide bonds. The fourth-order valence-electron chi connectivity index (χ4n) is 3.38. The van der Waals surface area contributed by atoms with Crippen molar-refractivity contribution in [2.24, 2.45) is 5.92 Å². The highest BCUT2D eigenvalue weighted by atomic mass is 16.2. The maximum atomic E-state index is 12.7. The number of hydrogen-bond donors (Lipinski definition) is 2. The van der Waals surface area contributed by atoms with Crippen LogP contribution in [-0.4, -0.2) is 29.8 Å². The second kappa shape index (κ2) is 8.63. The van der Waals surface area contributed by atoms with Gasteiger partial charge in [0.15, 0.2) is 0 Å². The van der Waals surface area contributed by atoms with Crippen LogP contribution in [0.15, 0.2) is 54.6 Å². The number of likely N-dealkylation sites (tertiary alicyclic amines) is 1. The summed E-state index contributed by atoms with van der Waals surface area (Å²) >= 11 is 0. The molecule has 2 aromatic rings. The van der Waals surface area contributed by atoms with Gasteiger partial charge in [-0.05, 0) is 43.1 Å². The Morgan fingerprint density at radius 2 is 1.77 bits per heavy atom. The van der Waals surface area contributed by atoms with Crippen molar-refractivity contribution in [3.63, 3.8) is 0 Å². The minimum Gasteiger partial charge on any atom is -0.326 e. The highest BCUT2D eigenvalue weighted by Crippen LogP contribution is 2.21. The average Bonchev–Trinajstić information content (AvgIpc) is 2.62. The molecule has 0 radical (unpaired) electrons. The average molecular weight is 351 g/mol. The predicted molar refractivity (Wildman–Crippen MR) is 104 cm³/mol. The lowest BCUT2D eigenvalue weighted by atomic mass is 9.96. The van der Waals surface area contributed by atoms with E-state index in [-0.39, 0.29) is 17.7 Å². The molecule has 0 unspecified atom stereocenters. The largest absolute Gasteiger partial charge is 0.326 e. The molecular formula is C21H25N3O2. The van der Waals surface area contributed by atoms with Gasteiger partial charge in [0.25, 0.3) is 0 Å². The van der Waals surface area contributed by atoms with Gasteiger partial charge in [0, 0.05) is 31.4 Å². The lowest BCUT2D eigenvalue weighted by Crippen LogP contribution is -2.40. The molecule has 1 heterocycles. The molecule has 0 saturated carbocycles. The van der Waals surface area contributed by atoms with Gasteiger partial charge in [0.05, 0.1) is 5.92 Å². The van der Waals surface area contributed by atoms with Crippen molar-refractivity contribution in [1.82, 2.24) is 4.90 Å². The zero-order valence-electron chi connectivity index (χ0n) is 15.1. The van der Waals surface area contributed by atoms with E-state index in [1.165, 1.54) is 12.5 Å². The molecule has 26 heavy (non-hydrogen) atoms. The van der Waals surface area contributed by atoms with E-state index in [2.05, 4.69) is 27.7 Å². The Bertz CT molecular complexity index is 761. The lowest BCUT2D eigenvalue weighted by molar-refractivity contribution is -0.121. The summed E-state index contributed by atoms with van der Waals surface area (Å²) < 4.78 is 0. The summed E-state index contributed by atoms with van der Waals surface area (Å²) in [5.74, 6) is -0.100. The van der Waals surface area contributed by atoms with Crippen LogP contribution in [-0.2, 0) is 16.1 Å². The number of anilines is 2. The second-order valence-electron chi connectivity index (χ2n) is 6.81. The second-order valence-corrected chi connectivity index (χ2v) is 6.81. The fourth-order valence-corrected chi connectivity index (χ4v) is 3.38. The van der Waals surface area contributed by atoms with Gasteiger partial charge < -0.3 is 10.6 Å². The van der Waals surface area contributed by atoms with E-state index in [0.29, 0.717) is 11.4 Å². The molecule has 1 aliphatic heterocycles. The van der Waals surface area contributed by atoms with Gasteiger partial charge >= 0.3 is 0 Å². The molecule has 1 saturated heterocycles. The minimum absolute atomic E-state index is 0.0168. The van der Waals surface area contributed by atoms with Crippen LogP contribution in [0.3, 0.4) is 0 Å². The van der Waals surface area contributed by atoms with Crippen molar-refractivity contribution in [3.05, 3.63) is 60.2 Å². The number of amides is 2. The number of nitrogens with zero attached hydrogens (tertiary/aromatic N) is 1.